The first-order chi connectivity index (χ1) is 11.0. The van der Waals surface area contributed by atoms with Gasteiger partial charge in [-0.25, -0.2) is 4.79 Å². The first-order valence-corrected chi connectivity index (χ1v) is 7.60. The van der Waals surface area contributed by atoms with Gasteiger partial charge in [0, 0.05) is 17.8 Å². The van der Waals surface area contributed by atoms with Crippen LogP contribution in [-0.2, 0) is 9.53 Å². The second kappa shape index (κ2) is 9.45. The highest BCUT2D eigenvalue weighted by molar-refractivity contribution is 5.98. The highest BCUT2D eigenvalue weighted by Crippen LogP contribution is 2.11. The van der Waals surface area contributed by atoms with E-state index < -0.39 is 18.0 Å². The van der Waals surface area contributed by atoms with E-state index in [9.17, 15) is 14.4 Å². The van der Waals surface area contributed by atoms with Crippen LogP contribution in [0.1, 0.15) is 37.6 Å². The van der Waals surface area contributed by atoms with Gasteiger partial charge >= 0.3 is 6.09 Å². The molecule has 3 amide bonds. The number of amides is 3. The summed E-state index contributed by atoms with van der Waals surface area (Å²) < 4.78 is 4.78. The SMILES string of the molecule is CCCNC(=O)[C@@H](C)NC(=O)c1cccc(NC(=O)OCC)c1. The maximum atomic E-state index is 12.2. The van der Waals surface area contributed by atoms with Crippen LogP contribution in [0.3, 0.4) is 0 Å². The molecule has 0 heterocycles. The van der Waals surface area contributed by atoms with Gasteiger partial charge in [0.1, 0.15) is 6.04 Å². The van der Waals surface area contributed by atoms with Crippen molar-refractivity contribution in [1.29, 1.82) is 0 Å². The van der Waals surface area contributed by atoms with Crippen molar-refractivity contribution in [2.24, 2.45) is 0 Å². The molecule has 1 atom stereocenters. The van der Waals surface area contributed by atoms with Crippen molar-refractivity contribution in [3.63, 3.8) is 0 Å². The van der Waals surface area contributed by atoms with E-state index in [0.717, 1.165) is 6.42 Å². The molecule has 126 valence electrons. The largest absolute Gasteiger partial charge is 0.450 e. The van der Waals surface area contributed by atoms with Gasteiger partial charge in [0.2, 0.25) is 5.91 Å². The van der Waals surface area contributed by atoms with Crippen molar-refractivity contribution in [3.8, 4) is 0 Å². The van der Waals surface area contributed by atoms with E-state index in [1.54, 1.807) is 32.0 Å². The number of benzene rings is 1. The second-order valence-electron chi connectivity index (χ2n) is 4.91. The molecule has 0 aliphatic rings. The van der Waals surface area contributed by atoms with Crippen molar-refractivity contribution >= 4 is 23.6 Å². The summed E-state index contributed by atoms with van der Waals surface area (Å²) in [5.74, 6) is -0.627. The van der Waals surface area contributed by atoms with Crippen molar-refractivity contribution in [3.05, 3.63) is 29.8 Å². The zero-order valence-corrected chi connectivity index (χ0v) is 13.6. The number of anilines is 1. The second-order valence-corrected chi connectivity index (χ2v) is 4.91. The average Bonchev–Trinajstić information content (AvgIpc) is 2.52. The first-order valence-electron chi connectivity index (χ1n) is 7.60. The summed E-state index contributed by atoms with van der Waals surface area (Å²) in [4.78, 5) is 35.3. The predicted molar refractivity (Wildman–Crippen MR) is 87.3 cm³/mol. The number of ether oxygens (including phenoxy) is 1. The zero-order chi connectivity index (χ0) is 17.2. The van der Waals surface area contributed by atoms with Crippen molar-refractivity contribution < 1.29 is 19.1 Å². The molecular formula is C16H23N3O4. The molecule has 0 saturated carbocycles. The summed E-state index contributed by atoms with van der Waals surface area (Å²) in [6.07, 6.45) is 0.242. The molecule has 0 saturated heterocycles. The molecule has 3 N–H and O–H groups in total. The van der Waals surface area contributed by atoms with E-state index >= 15 is 0 Å². The number of rotatable bonds is 7. The molecule has 0 spiro atoms. The minimum Gasteiger partial charge on any atom is -0.450 e. The Morgan fingerprint density at radius 1 is 1.22 bits per heavy atom. The molecule has 23 heavy (non-hydrogen) atoms. The number of carbonyl (C=O) groups is 3. The Bertz CT molecular complexity index is 560. The van der Waals surface area contributed by atoms with Crippen LogP contribution in [0.5, 0.6) is 0 Å². The molecule has 0 unspecified atom stereocenters. The molecule has 0 bridgehead atoms. The van der Waals surface area contributed by atoms with E-state index in [0.29, 0.717) is 17.8 Å². The molecule has 0 aliphatic carbocycles. The lowest BCUT2D eigenvalue weighted by Crippen LogP contribution is -2.45. The van der Waals surface area contributed by atoms with Crippen LogP contribution >= 0.6 is 0 Å². The molecule has 7 nitrogen and oxygen atoms in total. The Labute approximate surface area is 135 Å². The molecule has 1 aromatic rings. The van der Waals surface area contributed by atoms with Gasteiger partial charge in [0.05, 0.1) is 6.61 Å². The third kappa shape index (κ3) is 6.37. The minimum absolute atomic E-state index is 0.235. The van der Waals surface area contributed by atoms with E-state index in [1.807, 2.05) is 6.92 Å². The van der Waals surface area contributed by atoms with Crippen LogP contribution in [0.15, 0.2) is 24.3 Å². The predicted octanol–water partition coefficient (Wildman–Crippen LogP) is 1.90. The minimum atomic E-state index is -0.643. The van der Waals surface area contributed by atoms with Crippen LogP contribution in [0.2, 0.25) is 0 Å². The van der Waals surface area contributed by atoms with Crippen molar-refractivity contribution in [2.75, 3.05) is 18.5 Å². The molecular weight excluding hydrogens is 298 g/mol. The van der Waals surface area contributed by atoms with Crippen LogP contribution in [0.4, 0.5) is 10.5 Å². The van der Waals surface area contributed by atoms with Gasteiger partial charge in [-0.2, -0.15) is 0 Å². The average molecular weight is 321 g/mol. The van der Waals surface area contributed by atoms with Gasteiger partial charge in [-0.3, -0.25) is 14.9 Å². The molecule has 0 radical (unpaired) electrons. The monoisotopic (exact) mass is 321 g/mol. The zero-order valence-electron chi connectivity index (χ0n) is 13.6. The lowest BCUT2D eigenvalue weighted by atomic mass is 10.1. The lowest BCUT2D eigenvalue weighted by molar-refractivity contribution is -0.122. The summed E-state index contributed by atoms with van der Waals surface area (Å²) in [6.45, 7) is 6.10. The van der Waals surface area contributed by atoms with E-state index in [4.69, 9.17) is 4.74 Å². The molecule has 0 fully saturated rings. The molecule has 1 rings (SSSR count). The molecule has 0 aromatic heterocycles. The topological polar surface area (TPSA) is 96.5 Å². The summed E-state index contributed by atoms with van der Waals surface area (Å²) in [5, 5.41) is 7.85. The Morgan fingerprint density at radius 2 is 1.96 bits per heavy atom. The number of nitrogens with one attached hydrogen (secondary N) is 3. The van der Waals surface area contributed by atoms with Gasteiger partial charge in [0.25, 0.3) is 5.91 Å². The quantitative estimate of drug-likeness (QED) is 0.714. The molecule has 0 aliphatic heterocycles. The maximum Gasteiger partial charge on any atom is 0.411 e. The van der Waals surface area contributed by atoms with Gasteiger partial charge in [-0.05, 0) is 38.5 Å². The summed E-state index contributed by atoms with van der Waals surface area (Å²) in [6, 6.07) is 5.75. The lowest BCUT2D eigenvalue weighted by Gasteiger charge is -2.14. The molecule has 7 heteroatoms. The summed E-state index contributed by atoms with van der Waals surface area (Å²) in [5.41, 5.74) is 0.786. The maximum absolute atomic E-state index is 12.2. The highest BCUT2D eigenvalue weighted by Gasteiger charge is 2.16. The van der Waals surface area contributed by atoms with Gasteiger partial charge in [0.15, 0.2) is 0 Å². The van der Waals surface area contributed by atoms with E-state index in [-0.39, 0.29) is 12.5 Å². The van der Waals surface area contributed by atoms with Crippen LogP contribution in [0, 0.1) is 0 Å². The van der Waals surface area contributed by atoms with Crippen LogP contribution < -0.4 is 16.0 Å². The fourth-order valence-corrected chi connectivity index (χ4v) is 1.77. The molecule has 1 aromatic carbocycles. The van der Waals surface area contributed by atoms with E-state index in [2.05, 4.69) is 16.0 Å². The number of hydrogen-bond acceptors (Lipinski definition) is 4. The third-order valence-electron chi connectivity index (χ3n) is 2.94. The Hall–Kier alpha value is -2.57. The van der Waals surface area contributed by atoms with Crippen molar-refractivity contribution in [2.45, 2.75) is 33.2 Å². The van der Waals surface area contributed by atoms with Gasteiger partial charge in [-0.1, -0.05) is 13.0 Å². The standard InChI is InChI=1S/C16H23N3O4/c1-4-9-17-14(20)11(3)18-15(21)12-7-6-8-13(10-12)19-16(22)23-5-2/h6-8,10-11H,4-5,9H2,1-3H3,(H,17,20)(H,18,21)(H,19,22)/t11-/m1/s1. The summed E-state index contributed by atoms with van der Waals surface area (Å²) in [7, 11) is 0. The Morgan fingerprint density at radius 3 is 2.61 bits per heavy atom. The number of hydrogen-bond donors (Lipinski definition) is 3. The Balaban J connectivity index is 2.65. The number of carbonyl (C=O) groups excluding carboxylic acids is 3. The van der Waals surface area contributed by atoms with Gasteiger partial charge < -0.3 is 15.4 Å². The fraction of sp³-hybridized carbons (Fsp3) is 0.438. The van der Waals surface area contributed by atoms with Crippen LogP contribution in [0.25, 0.3) is 0 Å². The fourth-order valence-electron chi connectivity index (χ4n) is 1.77. The third-order valence-corrected chi connectivity index (χ3v) is 2.94. The van der Waals surface area contributed by atoms with Gasteiger partial charge in [-0.15, -0.1) is 0 Å². The normalized spacial score (nSPS) is 11.3. The van der Waals surface area contributed by atoms with Crippen LogP contribution in [-0.4, -0.2) is 37.1 Å². The first kappa shape index (κ1) is 18.5. The van der Waals surface area contributed by atoms with Crippen molar-refractivity contribution in [1.82, 2.24) is 10.6 Å². The highest BCUT2D eigenvalue weighted by atomic mass is 16.5. The summed E-state index contributed by atoms with van der Waals surface area (Å²) >= 11 is 0. The Kier molecular flexibility index (Phi) is 7.59. The van der Waals surface area contributed by atoms with E-state index in [1.165, 1.54) is 6.07 Å². The smallest absolute Gasteiger partial charge is 0.411 e.